The van der Waals surface area contributed by atoms with Crippen LogP contribution >= 0.6 is 0 Å². The standard InChI is InChI=1S/C13H18N2O7/c16-5-8-9(18)10(19)11(20)13(22-8)15-14-12(21)6-1-3-7(17)4-2-6/h1-4,8-11,13,15-20H,5H2,(H,14,21)/t8-,9+,10+,11+,13-/m1/s1. The van der Waals surface area contributed by atoms with Gasteiger partial charge in [0.25, 0.3) is 5.91 Å². The lowest BCUT2D eigenvalue weighted by Gasteiger charge is -2.40. The average molecular weight is 314 g/mol. The molecule has 0 spiro atoms. The maximum atomic E-state index is 11.8. The van der Waals surface area contributed by atoms with Crippen molar-refractivity contribution in [2.75, 3.05) is 6.61 Å². The van der Waals surface area contributed by atoms with Crippen molar-refractivity contribution in [3.05, 3.63) is 29.8 Å². The maximum Gasteiger partial charge on any atom is 0.265 e. The molecule has 1 aromatic rings. The van der Waals surface area contributed by atoms with Crippen LogP contribution in [0.2, 0.25) is 0 Å². The van der Waals surface area contributed by atoms with E-state index in [1.165, 1.54) is 24.3 Å². The maximum absolute atomic E-state index is 11.8. The minimum Gasteiger partial charge on any atom is -0.508 e. The second-order valence-corrected chi connectivity index (χ2v) is 4.89. The lowest BCUT2D eigenvalue weighted by Crippen LogP contribution is -2.64. The second kappa shape index (κ2) is 7.01. The summed E-state index contributed by atoms with van der Waals surface area (Å²) in [6.45, 7) is -0.560. The van der Waals surface area contributed by atoms with E-state index in [2.05, 4.69) is 10.9 Å². The summed E-state index contributed by atoms with van der Waals surface area (Å²) in [7, 11) is 0. The Balaban J connectivity index is 1.95. The molecule has 0 saturated carbocycles. The fourth-order valence-electron chi connectivity index (χ4n) is 2.04. The molecule has 0 unspecified atom stereocenters. The molecule has 22 heavy (non-hydrogen) atoms. The van der Waals surface area contributed by atoms with Crippen LogP contribution in [0.15, 0.2) is 24.3 Å². The Kier molecular flexibility index (Phi) is 5.29. The average Bonchev–Trinajstić information content (AvgIpc) is 2.52. The minimum atomic E-state index is -1.53. The Bertz CT molecular complexity index is 508. The summed E-state index contributed by atoms with van der Waals surface area (Å²) in [4.78, 5) is 11.8. The molecule has 1 heterocycles. The molecule has 9 heteroatoms. The number of ether oxygens (including phenoxy) is 1. The molecule has 122 valence electrons. The molecule has 2 rings (SSSR count). The van der Waals surface area contributed by atoms with Crippen molar-refractivity contribution in [1.82, 2.24) is 10.9 Å². The van der Waals surface area contributed by atoms with Gasteiger partial charge < -0.3 is 30.3 Å². The Morgan fingerprint density at radius 3 is 2.32 bits per heavy atom. The van der Waals surface area contributed by atoms with Crippen molar-refractivity contribution in [2.45, 2.75) is 30.6 Å². The molecule has 0 aliphatic carbocycles. The number of aromatic hydroxyl groups is 1. The predicted octanol–water partition coefficient (Wildman–Crippen LogP) is -2.57. The number of hydrogen-bond acceptors (Lipinski definition) is 8. The number of carbonyl (C=O) groups is 1. The molecule has 0 radical (unpaired) electrons. The van der Waals surface area contributed by atoms with Crippen LogP contribution in [0.3, 0.4) is 0 Å². The number of carbonyl (C=O) groups excluding carboxylic acids is 1. The zero-order valence-corrected chi connectivity index (χ0v) is 11.5. The van der Waals surface area contributed by atoms with Gasteiger partial charge in [-0.25, -0.2) is 5.43 Å². The van der Waals surface area contributed by atoms with Crippen LogP contribution in [0, 0.1) is 0 Å². The number of phenolic OH excluding ortho intramolecular Hbond substituents is 1. The van der Waals surface area contributed by atoms with Gasteiger partial charge in [0, 0.05) is 5.56 Å². The summed E-state index contributed by atoms with van der Waals surface area (Å²) < 4.78 is 5.16. The lowest BCUT2D eigenvalue weighted by atomic mass is 9.99. The van der Waals surface area contributed by atoms with Crippen molar-refractivity contribution < 1.29 is 35.1 Å². The second-order valence-electron chi connectivity index (χ2n) is 4.89. The minimum absolute atomic E-state index is 0.0124. The Morgan fingerprint density at radius 1 is 1.09 bits per heavy atom. The van der Waals surface area contributed by atoms with Gasteiger partial charge in [0.05, 0.1) is 6.61 Å². The number of rotatable bonds is 4. The van der Waals surface area contributed by atoms with Crippen LogP contribution in [0.5, 0.6) is 5.75 Å². The van der Waals surface area contributed by atoms with E-state index in [9.17, 15) is 20.1 Å². The predicted molar refractivity (Wildman–Crippen MR) is 72.5 cm³/mol. The van der Waals surface area contributed by atoms with Crippen molar-refractivity contribution >= 4 is 5.91 Å². The van der Waals surface area contributed by atoms with Gasteiger partial charge in [0.15, 0.2) is 6.23 Å². The van der Waals surface area contributed by atoms with Crippen molar-refractivity contribution in [1.29, 1.82) is 0 Å². The third kappa shape index (κ3) is 3.53. The van der Waals surface area contributed by atoms with Crippen molar-refractivity contribution in [3.8, 4) is 5.75 Å². The largest absolute Gasteiger partial charge is 0.508 e. The van der Waals surface area contributed by atoms with Crippen LogP contribution in [-0.4, -0.2) is 68.7 Å². The number of hydrazine groups is 1. The highest BCUT2D eigenvalue weighted by molar-refractivity contribution is 5.93. The highest BCUT2D eigenvalue weighted by atomic mass is 16.6. The first kappa shape index (κ1) is 16.6. The normalized spacial score (nSPS) is 31.7. The van der Waals surface area contributed by atoms with Gasteiger partial charge in [-0.1, -0.05) is 0 Å². The molecular weight excluding hydrogens is 296 g/mol. The lowest BCUT2D eigenvalue weighted by molar-refractivity contribution is -0.238. The summed E-state index contributed by atoms with van der Waals surface area (Å²) in [6.07, 6.45) is -6.78. The van der Waals surface area contributed by atoms with Crippen LogP contribution in [0.4, 0.5) is 0 Å². The number of hydrogen-bond donors (Lipinski definition) is 7. The molecule has 1 amide bonds. The number of aliphatic hydroxyl groups is 4. The number of aliphatic hydroxyl groups excluding tert-OH is 4. The first-order chi connectivity index (χ1) is 10.4. The quantitative estimate of drug-likeness (QED) is 0.299. The molecule has 1 aliphatic heterocycles. The molecule has 1 fully saturated rings. The molecule has 1 saturated heterocycles. The smallest absolute Gasteiger partial charge is 0.265 e. The van der Waals surface area contributed by atoms with E-state index in [1.54, 1.807) is 0 Å². The van der Waals surface area contributed by atoms with Gasteiger partial charge >= 0.3 is 0 Å². The van der Waals surface area contributed by atoms with E-state index in [1.807, 2.05) is 0 Å². The van der Waals surface area contributed by atoms with E-state index in [4.69, 9.17) is 14.9 Å². The first-order valence-corrected chi connectivity index (χ1v) is 6.59. The molecule has 1 aromatic carbocycles. The van der Waals surface area contributed by atoms with Gasteiger partial charge in [-0.05, 0) is 24.3 Å². The number of nitrogens with one attached hydrogen (secondary N) is 2. The van der Waals surface area contributed by atoms with Crippen LogP contribution < -0.4 is 10.9 Å². The monoisotopic (exact) mass is 314 g/mol. The zero-order chi connectivity index (χ0) is 16.3. The van der Waals surface area contributed by atoms with E-state index >= 15 is 0 Å². The van der Waals surface area contributed by atoms with Crippen LogP contribution in [-0.2, 0) is 4.74 Å². The Morgan fingerprint density at radius 2 is 1.73 bits per heavy atom. The van der Waals surface area contributed by atoms with Crippen molar-refractivity contribution in [2.24, 2.45) is 0 Å². The third-order valence-corrected chi connectivity index (χ3v) is 3.35. The van der Waals surface area contributed by atoms with E-state index in [-0.39, 0.29) is 11.3 Å². The summed E-state index contributed by atoms with van der Waals surface area (Å²) in [6, 6.07) is 5.45. The van der Waals surface area contributed by atoms with E-state index in [0.717, 1.165) is 0 Å². The molecule has 7 N–H and O–H groups in total. The van der Waals surface area contributed by atoms with Crippen LogP contribution in [0.1, 0.15) is 10.4 Å². The van der Waals surface area contributed by atoms with E-state index in [0.29, 0.717) is 0 Å². The van der Waals surface area contributed by atoms with Gasteiger partial charge in [-0.15, -0.1) is 0 Å². The summed E-state index contributed by atoms with van der Waals surface area (Å²) in [5.41, 5.74) is 4.90. The fourth-order valence-corrected chi connectivity index (χ4v) is 2.04. The van der Waals surface area contributed by atoms with Gasteiger partial charge in [-0.2, -0.15) is 0 Å². The molecule has 9 nitrogen and oxygen atoms in total. The molecule has 1 aliphatic rings. The molecular formula is C13H18N2O7. The van der Waals surface area contributed by atoms with Crippen LogP contribution in [0.25, 0.3) is 0 Å². The summed E-state index contributed by atoms with van der Waals surface area (Å²) in [5, 5.41) is 47.2. The van der Waals surface area contributed by atoms with E-state index < -0.39 is 43.2 Å². The number of amides is 1. The Hall–Kier alpha value is -1.75. The molecule has 0 aromatic heterocycles. The Labute approximate surface area is 125 Å². The van der Waals surface area contributed by atoms with Crippen molar-refractivity contribution in [3.63, 3.8) is 0 Å². The SMILES string of the molecule is O=C(NN[C@@H]1O[C@H](CO)[C@H](O)[C@H](O)[C@@H]1O)c1ccc(O)cc1. The fraction of sp³-hybridized carbons (Fsp3) is 0.462. The number of phenols is 1. The third-order valence-electron chi connectivity index (χ3n) is 3.35. The topological polar surface area (TPSA) is 152 Å². The summed E-state index contributed by atoms with van der Waals surface area (Å²) in [5.74, 6) is -0.546. The summed E-state index contributed by atoms with van der Waals surface area (Å²) >= 11 is 0. The molecule has 0 bridgehead atoms. The van der Waals surface area contributed by atoms with Gasteiger partial charge in [0.2, 0.25) is 0 Å². The highest BCUT2D eigenvalue weighted by Gasteiger charge is 2.43. The highest BCUT2D eigenvalue weighted by Crippen LogP contribution is 2.19. The zero-order valence-electron chi connectivity index (χ0n) is 11.5. The first-order valence-electron chi connectivity index (χ1n) is 6.59. The molecule has 5 atom stereocenters. The van der Waals surface area contributed by atoms with Gasteiger partial charge in [0.1, 0.15) is 30.2 Å². The van der Waals surface area contributed by atoms with Gasteiger partial charge in [-0.3, -0.25) is 10.2 Å². The number of benzene rings is 1.